The van der Waals surface area contributed by atoms with Gasteiger partial charge in [0.15, 0.2) is 11.5 Å². The number of ether oxygens (including phenoxy) is 2. The van der Waals surface area contributed by atoms with Crippen LogP contribution in [0, 0.1) is 0 Å². The van der Waals surface area contributed by atoms with Crippen molar-refractivity contribution in [3.05, 3.63) is 76.2 Å². The number of carbonyl (C=O) groups excluding carboxylic acids is 1. The van der Waals surface area contributed by atoms with Gasteiger partial charge >= 0.3 is 0 Å². The second kappa shape index (κ2) is 8.39. The summed E-state index contributed by atoms with van der Waals surface area (Å²) in [5.41, 5.74) is 1.04. The van der Waals surface area contributed by atoms with E-state index in [0.29, 0.717) is 17.3 Å². The lowest BCUT2D eigenvalue weighted by molar-refractivity contribution is 0.0938. The van der Waals surface area contributed by atoms with Crippen LogP contribution in [0.5, 0.6) is 11.5 Å². The summed E-state index contributed by atoms with van der Waals surface area (Å²) >= 11 is 0. The van der Waals surface area contributed by atoms with E-state index in [2.05, 4.69) is 15.3 Å². The molecule has 0 fully saturated rings. The molecule has 0 aliphatic rings. The molecule has 3 aromatic rings. The van der Waals surface area contributed by atoms with E-state index in [1.807, 2.05) is 43.3 Å². The molecule has 0 spiro atoms. The summed E-state index contributed by atoms with van der Waals surface area (Å²) in [6, 6.07) is 14.3. The van der Waals surface area contributed by atoms with Crippen molar-refractivity contribution < 1.29 is 14.3 Å². The molecule has 1 atom stereocenters. The Labute approximate surface area is 162 Å². The summed E-state index contributed by atoms with van der Waals surface area (Å²) in [5, 5.41) is 2.81. The monoisotopic (exact) mass is 379 g/mol. The standard InChI is InChI=1S/C21H21N3O4/c1-13(15-9-10-17(27-2)18(11-15)28-3)23-20(25)16-12-22-19(24-21(16)26)14-7-5-4-6-8-14/h4-13H,1-3H3,(H,23,25)(H,22,24,26)/t13-/m1/s1. The van der Waals surface area contributed by atoms with Gasteiger partial charge in [0.1, 0.15) is 11.4 Å². The van der Waals surface area contributed by atoms with Crippen LogP contribution in [-0.4, -0.2) is 30.1 Å². The molecule has 144 valence electrons. The van der Waals surface area contributed by atoms with Crippen molar-refractivity contribution in [1.82, 2.24) is 15.3 Å². The van der Waals surface area contributed by atoms with Crippen LogP contribution in [0.2, 0.25) is 0 Å². The zero-order valence-electron chi connectivity index (χ0n) is 15.9. The molecule has 0 saturated carbocycles. The molecular formula is C21H21N3O4. The highest BCUT2D eigenvalue weighted by molar-refractivity contribution is 5.93. The highest BCUT2D eigenvalue weighted by Crippen LogP contribution is 2.29. The summed E-state index contributed by atoms with van der Waals surface area (Å²) in [6.45, 7) is 1.82. The molecule has 0 radical (unpaired) electrons. The molecule has 7 nitrogen and oxygen atoms in total. The molecule has 2 aromatic carbocycles. The Morgan fingerprint density at radius 1 is 1.07 bits per heavy atom. The first-order valence-corrected chi connectivity index (χ1v) is 8.71. The van der Waals surface area contributed by atoms with Gasteiger partial charge in [0.2, 0.25) is 0 Å². The second-order valence-corrected chi connectivity index (χ2v) is 6.15. The fourth-order valence-electron chi connectivity index (χ4n) is 2.78. The Morgan fingerprint density at radius 2 is 1.79 bits per heavy atom. The molecule has 0 aliphatic carbocycles. The number of nitrogens with one attached hydrogen (secondary N) is 2. The largest absolute Gasteiger partial charge is 0.493 e. The van der Waals surface area contributed by atoms with Gasteiger partial charge in [-0.2, -0.15) is 0 Å². The minimum atomic E-state index is -0.504. The van der Waals surface area contributed by atoms with E-state index < -0.39 is 11.5 Å². The predicted octanol–water partition coefficient (Wildman–Crippen LogP) is 2.95. The number of carbonyl (C=O) groups is 1. The van der Waals surface area contributed by atoms with Crippen molar-refractivity contribution in [1.29, 1.82) is 0 Å². The maximum Gasteiger partial charge on any atom is 0.264 e. The Kier molecular flexibility index (Phi) is 5.74. The maximum atomic E-state index is 12.5. The van der Waals surface area contributed by atoms with E-state index in [1.54, 1.807) is 26.4 Å². The van der Waals surface area contributed by atoms with Crippen molar-refractivity contribution in [2.24, 2.45) is 0 Å². The van der Waals surface area contributed by atoms with E-state index in [-0.39, 0.29) is 11.6 Å². The van der Waals surface area contributed by atoms with Crippen LogP contribution in [0.3, 0.4) is 0 Å². The van der Waals surface area contributed by atoms with Crippen LogP contribution in [0.4, 0.5) is 0 Å². The molecule has 1 heterocycles. The molecule has 1 aromatic heterocycles. The molecule has 28 heavy (non-hydrogen) atoms. The topological polar surface area (TPSA) is 93.3 Å². The molecule has 7 heteroatoms. The molecule has 0 aliphatic heterocycles. The average molecular weight is 379 g/mol. The number of benzene rings is 2. The lowest BCUT2D eigenvalue weighted by Gasteiger charge is -2.16. The van der Waals surface area contributed by atoms with Gasteiger partial charge in [-0.05, 0) is 24.6 Å². The number of aromatic amines is 1. The normalized spacial score (nSPS) is 11.5. The number of nitrogens with zero attached hydrogens (tertiary/aromatic N) is 1. The van der Waals surface area contributed by atoms with Crippen LogP contribution in [-0.2, 0) is 0 Å². The first-order valence-electron chi connectivity index (χ1n) is 8.71. The van der Waals surface area contributed by atoms with Gasteiger partial charge in [-0.1, -0.05) is 36.4 Å². The fraction of sp³-hybridized carbons (Fsp3) is 0.190. The van der Waals surface area contributed by atoms with Gasteiger partial charge in [-0.25, -0.2) is 4.98 Å². The summed E-state index contributed by atoms with van der Waals surface area (Å²) in [7, 11) is 3.10. The fourth-order valence-corrected chi connectivity index (χ4v) is 2.78. The number of amides is 1. The highest BCUT2D eigenvalue weighted by atomic mass is 16.5. The molecule has 0 bridgehead atoms. The van der Waals surface area contributed by atoms with Gasteiger partial charge < -0.3 is 19.8 Å². The first-order chi connectivity index (χ1) is 13.5. The second-order valence-electron chi connectivity index (χ2n) is 6.15. The number of methoxy groups -OCH3 is 2. The molecule has 0 saturated heterocycles. The molecule has 0 unspecified atom stereocenters. The zero-order chi connectivity index (χ0) is 20.1. The van der Waals surface area contributed by atoms with E-state index in [1.165, 1.54) is 6.20 Å². The number of rotatable bonds is 6. The van der Waals surface area contributed by atoms with Crippen molar-refractivity contribution in [3.63, 3.8) is 0 Å². The molecular weight excluding hydrogens is 358 g/mol. The Morgan fingerprint density at radius 3 is 2.43 bits per heavy atom. The number of hydrogen-bond donors (Lipinski definition) is 2. The third-order valence-electron chi connectivity index (χ3n) is 4.35. The Hall–Kier alpha value is -3.61. The van der Waals surface area contributed by atoms with Crippen molar-refractivity contribution >= 4 is 5.91 Å². The van der Waals surface area contributed by atoms with Crippen molar-refractivity contribution in [3.8, 4) is 22.9 Å². The Bertz CT molecular complexity index is 1030. The summed E-state index contributed by atoms with van der Waals surface area (Å²) in [6.07, 6.45) is 1.29. The summed E-state index contributed by atoms with van der Waals surface area (Å²) in [5.74, 6) is 1.07. The van der Waals surface area contributed by atoms with Gasteiger partial charge in [0, 0.05) is 11.8 Å². The van der Waals surface area contributed by atoms with Crippen molar-refractivity contribution in [2.75, 3.05) is 14.2 Å². The zero-order valence-corrected chi connectivity index (χ0v) is 15.9. The number of hydrogen-bond acceptors (Lipinski definition) is 5. The quantitative estimate of drug-likeness (QED) is 0.687. The molecule has 1 amide bonds. The van der Waals surface area contributed by atoms with Gasteiger partial charge in [0.05, 0.1) is 20.3 Å². The van der Waals surface area contributed by atoms with Crippen molar-refractivity contribution in [2.45, 2.75) is 13.0 Å². The smallest absolute Gasteiger partial charge is 0.264 e. The SMILES string of the molecule is COc1ccc([C@@H](C)NC(=O)c2cnc(-c3ccccc3)[nH]c2=O)cc1OC. The minimum Gasteiger partial charge on any atom is -0.493 e. The number of aromatic nitrogens is 2. The predicted molar refractivity (Wildman–Crippen MR) is 106 cm³/mol. The van der Waals surface area contributed by atoms with E-state index in [0.717, 1.165) is 11.1 Å². The number of H-pyrrole nitrogens is 1. The van der Waals surface area contributed by atoms with Gasteiger partial charge in [-0.3, -0.25) is 9.59 Å². The van der Waals surface area contributed by atoms with Gasteiger partial charge in [0.25, 0.3) is 11.5 Å². The third kappa shape index (κ3) is 4.03. The van der Waals surface area contributed by atoms with Crippen LogP contribution < -0.4 is 20.3 Å². The van der Waals surface area contributed by atoms with E-state index in [4.69, 9.17) is 9.47 Å². The lowest BCUT2D eigenvalue weighted by atomic mass is 10.1. The highest BCUT2D eigenvalue weighted by Gasteiger charge is 2.17. The molecule has 2 N–H and O–H groups in total. The van der Waals surface area contributed by atoms with E-state index in [9.17, 15) is 9.59 Å². The van der Waals surface area contributed by atoms with Crippen LogP contribution in [0.15, 0.2) is 59.5 Å². The molecule has 3 rings (SSSR count). The third-order valence-corrected chi connectivity index (χ3v) is 4.35. The maximum absolute atomic E-state index is 12.5. The average Bonchev–Trinajstić information content (AvgIpc) is 2.73. The minimum absolute atomic E-state index is 0.0491. The van der Waals surface area contributed by atoms with Crippen LogP contribution in [0.25, 0.3) is 11.4 Å². The van der Waals surface area contributed by atoms with E-state index >= 15 is 0 Å². The summed E-state index contributed by atoms with van der Waals surface area (Å²) < 4.78 is 10.5. The Balaban J connectivity index is 1.78. The summed E-state index contributed by atoms with van der Waals surface area (Å²) in [4.78, 5) is 31.8. The van der Waals surface area contributed by atoms with Gasteiger partial charge in [-0.15, -0.1) is 0 Å². The van der Waals surface area contributed by atoms with Crippen LogP contribution >= 0.6 is 0 Å². The van der Waals surface area contributed by atoms with Crippen LogP contribution in [0.1, 0.15) is 28.9 Å². The lowest BCUT2D eigenvalue weighted by Crippen LogP contribution is -2.32. The first kappa shape index (κ1) is 19.2.